The van der Waals surface area contributed by atoms with Gasteiger partial charge in [-0.3, -0.25) is 4.79 Å². The Morgan fingerprint density at radius 1 is 1.12 bits per heavy atom. The Bertz CT molecular complexity index is 766. The summed E-state index contributed by atoms with van der Waals surface area (Å²) in [6, 6.07) is 14.1. The Kier molecular flexibility index (Phi) is 6.32. The second kappa shape index (κ2) is 8.45. The second-order valence-corrected chi connectivity index (χ2v) is 6.04. The molecule has 2 aromatic rings. The van der Waals surface area contributed by atoms with E-state index in [0.717, 1.165) is 10.2 Å². The van der Waals surface area contributed by atoms with Gasteiger partial charge in [-0.05, 0) is 56.3 Å². The molecule has 0 aliphatic carbocycles. The Morgan fingerprint density at radius 3 is 2.50 bits per heavy atom. The molecule has 0 bridgehead atoms. The van der Waals surface area contributed by atoms with E-state index >= 15 is 0 Å². The Balaban J connectivity index is 2.09. The Morgan fingerprint density at radius 2 is 1.83 bits per heavy atom. The molecule has 0 aliphatic heterocycles. The van der Waals surface area contributed by atoms with Gasteiger partial charge in [-0.2, -0.15) is 0 Å². The number of carbonyl (C=O) groups is 2. The van der Waals surface area contributed by atoms with Crippen molar-refractivity contribution >= 4 is 33.4 Å². The van der Waals surface area contributed by atoms with Crippen molar-refractivity contribution in [2.45, 2.75) is 13.8 Å². The first-order chi connectivity index (χ1) is 11.5. The summed E-state index contributed by atoms with van der Waals surface area (Å²) in [4.78, 5) is 24.0. The molecule has 24 heavy (non-hydrogen) atoms. The van der Waals surface area contributed by atoms with Crippen LogP contribution < -0.4 is 5.32 Å². The monoisotopic (exact) mass is 387 g/mol. The van der Waals surface area contributed by atoms with Gasteiger partial charge in [0.25, 0.3) is 0 Å². The van der Waals surface area contributed by atoms with Crippen LogP contribution in [0.2, 0.25) is 0 Å². The summed E-state index contributed by atoms with van der Waals surface area (Å²) in [5.41, 5.74) is 2.48. The van der Waals surface area contributed by atoms with Crippen LogP contribution in [0, 0.1) is 0 Å². The van der Waals surface area contributed by atoms with E-state index in [-0.39, 0.29) is 11.8 Å². The van der Waals surface area contributed by atoms with Crippen molar-refractivity contribution in [3.05, 3.63) is 75.9 Å². The summed E-state index contributed by atoms with van der Waals surface area (Å²) in [5, 5.41) is 3.11. The number of allylic oxidation sites excluding steroid dienone is 2. The SMILES string of the molecule is CCOC(=O)c1cccc(N/C(C)=C/C(=O)c2ccc(Br)cc2)c1. The van der Waals surface area contributed by atoms with Crippen molar-refractivity contribution in [2.24, 2.45) is 0 Å². The number of rotatable bonds is 6. The minimum absolute atomic E-state index is 0.0888. The molecule has 0 saturated heterocycles. The van der Waals surface area contributed by atoms with Gasteiger partial charge in [-0.15, -0.1) is 0 Å². The van der Waals surface area contributed by atoms with Crippen molar-refractivity contribution in [1.82, 2.24) is 0 Å². The first-order valence-corrected chi connectivity index (χ1v) is 8.31. The third-order valence-electron chi connectivity index (χ3n) is 3.19. The van der Waals surface area contributed by atoms with Gasteiger partial charge in [0.2, 0.25) is 0 Å². The standard InChI is InChI=1S/C19H18BrNO3/c1-3-24-19(23)15-5-4-6-17(12-15)21-13(2)11-18(22)14-7-9-16(20)10-8-14/h4-12,21H,3H2,1-2H3/b13-11+. The molecule has 0 unspecified atom stereocenters. The Labute approximate surface area is 149 Å². The molecule has 5 heteroatoms. The largest absolute Gasteiger partial charge is 0.462 e. The number of ether oxygens (including phenoxy) is 1. The number of hydrogen-bond donors (Lipinski definition) is 1. The van der Waals surface area contributed by atoms with E-state index in [1.54, 1.807) is 44.2 Å². The molecule has 0 amide bonds. The summed E-state index contributed by atoms with van der Waals surface area (Å²) < 4.78 is 5.91. The summed E-state index contributed by atoms with van der Waals surface area (Å²) in [7, 11) is 0. The van der Waals surface area contributed by atoms with Crippen LogP contribution in [0.1, 0.15) is 34.6 Å². The maximum atomic E-state index is 12.2. The van der Waals surface area contributed by atoms with Crippen molar-refractivity contribution < 1.29 is 14.3 Å². The van der Waals surface area contributed by atoms with Gasteiger partial charge in [-0.25, -0.2) is 4.79 Å². The molecule has 2 aromatic carbocycles. The summed E-state index contributed by atoms with van der Waals surface area (Å²) >= 11 is 3.34. The predicted molar refractivity (Wildman–Crippen MR) is 98.3 cm³/mol. The molecule has 0 heterocycles. The van der Waals surface area contributed by atoms with Crippen LogP contribution in [-0.4, -0.2) is 18.4 Å². The zero-order valence-electron chi connectivity index (χ0n) is 13.5. The van der Waals surface area contributed by atoms with Crippen LogP contribution in [0.25, 0.3) is 0 Å². The lowest BCUT2D eigenvalue weighted by molar-refractivity contribution is 0.0526. The summed E-state index contributed by atoms with van der Waals surface area (Å²) in [5.74, 6) is -0.456. The van der Waals surface area contributed by atoms with E-state index in [1.807, 2.05) is 18.2 Å². The van der Waals surface area contributed by atoms with Crippen molar-refractivity contribution in [2.75, 3.05) is 11.9 Å². The fraction of sp³-hybridized carbons (Fsp3) is 0.158. The normalized spacial score (nSPS) is 11.0. The molecule has 0 aliphatic rings. The molecular formula is C19H18BrNO3. The number of halogens is 1. The molecule has 0 saturated carbocycles. The minimum Gasteiger partial charge on any atom is -0.462 e. The zero-order valence-corrected chi connectivity index (χ0v) is 15.1. The van der Waals surface area contributed by atoms with Gasteiger partial charge in [0.05, 0.1) is 12.2 Å². The third-order valence-corrected chi connectivity index (χ3v) is 3.72. The number of benzene rings is 2. The Hall–Kier alpha value is -2.40. The fourth-order valence-corrected chi connectivity index (χ4v) is 2.36. The van der Waals surface area contributed by atoms with E-state index in [0.29, 0.717) is 23.4 Å². The van der Waals surface area contributed by atoms with Gasteiger partial charge >= 0.3 is 5.97 Å². The van der Waals surface area contributed by atoms with Gasteiger partial charge in [0.15, 0.2) is 5.78 Å². The van der Waals surface area contributed by atoms with Gasteiger partial charge in [0.1, 0.15) is 0 Å². The predicted octanol–water partition coefficient (Wildman–Crippen LogP) is 4.82. The first kappa shape index (κ1) is 17.9. The maximum Gasteiger partial charge on any atom is 0.338 e. The van der Waals surface area contributed by atoms with E-state index in [2.05, 4.69) is 21.2 Å². The molecule has 0 spiro atoms. The lowest BCUT2D eigenvalue weighted by Gasteiger charge is -2.08. The lowest BCUT2D eigenvalue weighted by Crippen LogP contribution is -2.06. The average molecular weight is 388 g/mol. The second-order valence-electron chi connectivity index (χ2n) is 5.12. The van der Waals surface area contributed by atoms with Gasteiger partial charge in [0, 0.05) is 27.5 Å². The van der Waals surface area contributed by atoms with Crippen LogP contribution in [-0.2, 0) is 4.74 Å². The number of carbonyl (C=O) groups excluding carboxylic acids is 2. The van der Waals surface area contributed by atoms with E-state index in [1.165, 1.54) is 6.08 Å². The van der Waals surface area contributed by atoms with Crippen LogP contribution >= 0.6 is 15.9 Å². The molecule has 0 fully saturated rings. The highest BCUT2D eigenvalue weighted by molar-refractivity contribution is 9.10. The van der Waals surface area contributed by atoms with Crippen LogP contribution in [0.4, 0.5) is 5.69 Å². The number of esters is 1. The number of hydrogen-bond acceptors (Lipinski definition) is 4. The van der Waals surface area contributed by atoms with Crippen LogP contribution in [0.5, 0.6) is 0 Å². The third kappa shape index (κ3) is 5.06. The summed E-state index contributed by atoms with van der Waals surface area (Å²) in [6.07, 6.45) is 1.53. The average Bonchev–Trinajstić information content (AvgIpc) is 2.55. The summed E-state index contributed by atoms with van der Waals surface area (Å²) in [6.45, 7) is 3.89. The van der Waals surface area contributed by atoms with Crippen molar-refractivity contribution in [3.63, 3.8) is 0 Å². The van der Waals surface area contributed by atoms with E-state index < -0.39 is 0 Å². The molecule has 2 rings (SSSR count). The highest BCUT2D eigenvalue weighted by Gasteiger charge is 2.07. The minimum atomic E-state index is -0.367. The van der Waals surface area contributed by atoms with Crippen molar-refractivity contribution in [1.29, 1.82) is 0 Å². The van der Waals surface area contributed by atoms with Crippen LogP contribution in [0.3, 0.4) is 0 Å². The quantitative estimate of drug-likeness (QED) is 0.438. The number of nitrogens with one attached hydrogen (secondary N) is 1. The van der Waals surface area contributed by atoms with Gasteiger partial charge in [-0.1, -0.05) is 22.0 Å². The molecule has 4 nitrogen and oxygen atoms in total. The highest BCUT2D eigenvalue weighted by atomic mass is 79.9. The lowest BCUT2D eigenvalue weighted by atomic mass is 10.1. The van der Waals surface area contributed by atoms with Gasteiger partial charge < -0.3 is 10.1 Å². The smallest absolute Gasteiger partial charge is 0.338 e. The molecule has 0 aromatic heterocycles. The maximum absolute atomic E-state index is 12.2. The zero-order chi connectivity index (χ0) is 17.5. The number of ketones is 1. The van der Waals surface area contributed by atoms with E-state index in [9.17, 15) is 9.59 Å². The van der Waals surface area contributed by atoms with Crippen LogP contribution in [0.15, 0.2) is 64.8 Å². The first-order valence-electron chi connectivity index (χ1n) is 7.52. The molecule has 0 radical (unpaired) electrons. The number of anilines is 1. The molecular weight excluding hydrogens is 370 g/mol. The highest BCUT2D eigenvalue weighted by Crippen LogP contribution is 2.15. The molecule has 1 N–H and O–H groups in total. The molecule has 124 valence electrons. The van der Waals surface area contributed by atoms with Crippen molar-refractivity contribution in [3.8, 4) is 0 Å². The molecule has 0 atom stereocenters. The van der Waals surface area contributed by atoms with E-state index in [4.69, 9.17) is 4.74 Å². The topological polar surface area (TPSA) is 55.4 Å². The fourth-order valence-electron chi connectivity index (χ4n) is 2.10.